The molecule has 156 valence electrons. The van der Waals surface area contributed by atoms with Crippen LogP contribution in [0.1, 0.15) is 60.1 Å². The minimum Gasteiger partial charge on any atom is -0.452 e. The van der Waals surface area contributed by atoms with Gasteiger partial charge in [0.25, 0.3) is 5.91 Å². The first-order valence-electron chi connectivity index (χ1n) is 10.4. The van der Waals surface area contributed by atoms with Crippen LogP contribution in [0.4, 0.5) is 0 Å². The van der Waals surface area contributed by atoms with Crippen molar-refractivity contribution in [1.82, 2.24) is 15.0 Å². The van der Waals surface area contributed by atoms with E-state index in [1.165, 1.54) is 25.7 Å². The van der Waals surface area contributed by atoms with E-state index in [9.17, 15) is 9.59 Å². The molecule has 2 aliphatic carbocycles. The molecule has 2 bridgehead atoms. The quantitative estimate of drug-likeness (QED) is 0.752. The third-order valence-electron chi connectivity index (χ3n) is 6.65. The number of aryl methyl sites for hydroxylation is 2. The number of hydrogen-bond acceptors (Lipinski definition) is 5. The van der Waals surface area contributed by atoms with Crippen molar-refractivity contribution in [2.45, 2.75) is 59.4 Å². The maximum atomic E-state index is 12.6. The topological polar surface area (TPSA) is 86.4 Å². The van der Waals surface area contributed by atoms with Gasteiger partial charge in [-0.1, -0.05) is 11.6 Å². The summed E-state index contributed by atoms with van der Waals surface area (Å²) in [4.78, 5) is 24.9. The van der Waals surface area contributed by atoms with Gasteiger partial charge in [0.15, 0.2) is 12.4 Å². The number of carbonyl (C=O) groups excluding carboxylic acids is 2. The van der Waals surface area contributed by atoms with Crippen LogP contribution in [0.3, 0.4) is 0 Å². The fraction of sp³-hybridized carbons (Fsp3) is 0.591. The molecule has 2 aromatic rings. The van der Waals surface area contributed by atoms with Gasteiger partial charge in [0.05, 0.1) is 5.56 Å². The molecule has 4 atom stereocenters. The number of amides is 1. The summed E-state index contributed by atoms with van der Waals surface area (Å²) in [6.07, 6.45) is 5.14. The lowest BCUT2D eigenvalue weighted by Gasteiger charge is -2.28. The summed E-state index contributed by atoms with van der Waals surface area (Å²) in [5.74, 6) is 2.70. The Bertz CT molecular complexity index is 929. The Morgan fingerprint density at radius 2 is 2.07 bits per heavy atom. The molecule has 2 saturated carbocycles. The van der Waals surface area contributed by atoms with Gasteiger partial charge in [0, 0.05) is 23.5 Å². The SMILES string of the molecule is Cc1cc(-n2c(C)cc(C(=O)OCC(=O)N[C@@H](C)[C@@H]3C[C@H]4CC[C@H]3C4)c2C)no1. The molecule has 0 radical (unpaired) electrons. The van der Waals surface area contributed by atoms with E-state index in [1.54, 1.807) is 12.1 Å². The smallest absolute Gasteiger partial charge is 0.340 e. The van der Waals surface area contributed by atoms with E-state index in [1.807, 2.05) is 25.3 Å². The fourth-order valence-corrected chi connectivity index (χ4v) is 5.30. The second kappa shape index (κ2) is 7.69. The first-order valence-corrected chi connectivity index (χ1v) is 10.4. The summed E-state index contributed by atoms with van der Waals surface area (Å²) < 4.78 is 12.3. The van der Waals surface area contributed by atoms with Gasteiger partial charge < -0.3 is 14.6 Å². The van der Waals surface area contributed by atoms with Crippen molar-refractivity contribution in [3.63, 3.8) is 0 Å². The van der Waals surface area contributed by atoms with E-state index in [0.29, 0.717) is 28.8 Å². The minimum absolute atomic E-state index is 0.122. The molecule has 0 aliphatic heterocycles. The Kier molecular flexibility index (Phi) is 5.23. The highest BCUT2D eigenvalue weighted by atomic mass is 16.5. The zero-order chi connectivity index (χ0) is 20.7. The normalized spacial score (nSPS) is 23.9. The first-order chi connectivity index (χ1) is 13.8. The van der Waals surface area contributed by atoms with Gasteiger partial charge in [0.2, 0.25) is 0 Å². The van der Waals surface area contributed by atoms with Crippen LogP contribution in [0, 0.1) is 38.5 Å². The van der Waals surface area contributed by atoms with Crippen molar-refractivity contribution in [3.8, 4) is 5.82 Å². The van der Waals surface area contributed by atoms with Crippen LogP contribution in [0.5, 0.6) is 0 Å². The molecule has 7 nitrogen and oxygen atoms in total. The highest BCUT2D eigenvalue weighted by molar-refractivity contribution is 5.93. The lowest BCUT2D eigenvalue weighted by molar-refractivity contribution is -0.125. The number of aromatic nitrogens is 2. The molecule has 0 aromatic carbocycles. The standard InChI is InChI=1S/C22H29N3O4/c1-12-7-19(15(4)25(12)20-8-13(2)29-24-20)22(27)28-11-21(26)23-14(3)18-10-16-5-6-17(18)9-16/h7-8,14,16-18H,5-6,9-11H2,1-4H3,(H,23,26)/t14-,16-,17-,18-/m0/s1. The maximum Gasteiger partial charge on any atom is 0.340 e. The van der Waals surface area contributed by atoms with E-state index in [-0.39, 0.29) is 18.6 Å². The minimum atomic E-state index is -0.507. The molecule has 0 saturated heterocycles. The van der Waals surface area contributed by atoms with Gasteiger partial charge in [-0.25, -0.2) is 4.79 Å². The number of ether oxygens (including phenoxy) is 1. The molecule has 2 heterocycles. The molecular weight excluding hydrogens is 370 g/mol. The summed E-state index contributed by atoms with van der Waals surface area (Å²) >= 11 is 0. The van der Waals surface area contributed by atoms with Gasteiger partial charge in [-0.05, 0) is 70.8 Å². The lowest BCUT2D eigenvalue weighted by atomic mass is 9.84. The summed E-state index contributed by atoms with van der Waals surface area (Å²) in [5, 5.41) is 7.04. The molecule has 2 aliphatic rings. The van der Waals surface area contributed by atoms with Gasteiger partial charge >= 0.3 is 5.97 Å². The van der Waals surface area contributed by atoms with Gasteiger partial charge in [-0.2, -0.15) is 0 Å². The zero-order valence-corrected chi connectivity index (χ0v) is 17.5. The molecule has 1 N–H and O–H groups in total. The van der Waals surface area contributed by atoms with Crippen molar-refractivity contribution in [2.75, 3.05) is 6.61 Å². The molecule has 4 rings (SSSR count). The number of rotatable bonds is 6. The summed E-state index contributed by atoms with van der Waals surface area (Å²) in [7, 11) is 0. The second-order valence-electron chi connectivity index (χ2n) is 8.69. The number of esters is 1. The van der Waals surface area contributed by atoms with Crippen LogP contribution in [0.25, 0.3) is 5.82 Å². The van der Waals surface area contributed by atoms with Crippen LogP contribution < -0.4 is 5.32 Å². The molecule has 1 amide bonds. The predicted molar refractivity (Wildman–Crippen MR) is 107 cm³/mol. The average Bonchev–Trinajstić information content (AvgIpc) is 3.45. The zero-order valence-electron chi connectivity index (χ0n) is 17.5. The number of nitrogens with zero attached hydrogens (tertiary/aromatic N) is 2. The Balaban J connectivity index is 1.34. The Morgan fingerprint density at radius 3 is 2.69 bits per heavy atom. The highest BCUT2D eigenvalue weighted by Crippen LogP contribution is 2.49. The van der Waals surface area contributed by atoms with Crippen LogP contribution in [0.2, 0.25) is 0 Å². The van der Waals surface area contributed by atoms with E-state index in [0.717, 1.165) is 17.5 Å². The predicted octanol–water partition coefficient (Wildman–Crippen LogP) is 3.49. The van der Waals surface area contributed by atoms with Gasteiger partial charge in [0.1, 0.15) is 5.76 Å². The molecule has 7 heteroatoms. The van der Waals surface area contributed by atoms with Crippen LogP contribution in [0.15, 0.2) is 16.7 Å². The van der Waals surface area contributed by atoms with Crippen molar-refractivity contribution in [3.05, 3.63) is 34.8 Å². The molecule has 29 heavy (non-hydrogen) atoms. The van der Waals surface area contributed by atoms with E-state index in [4.69, 9.17) is 9.26 Å². The van der Waals surface area contributed by atoms with Crippen molar-refractivity contribution in [2.24, 2.45) is 17.8 Å². The van der Waals surface area contributed by atoms with E-state index in [2.05, 4.69) is 17.4 Å². The lowest BCUT2D eigenvalue weighted by Crippen LogP contribution is -2.42. The van der Waals surface area contributed by atoms with Crippen molar-refractivity contribution < 1.29 is 18.8 Å². The van der Waals surface area contributed by atoms with Crippen LogP contribution >= 0.6 is 0 Å². The summed E-state index contributed by atoms with van der Waals surface area (Å²) in [6.45, 7) is 7.33. The van der Waals surface area contributed by atoms with E-state index >= 15 is 0 Å². The molecular formula is C22H29N3O4. The monoisotopic (exact) mass is 399 g/mol. The highest BCUT2D eigenvalue weighted by Gasteiger charge is 2.42. The third-order valence-corrected chi connectivity index (χ3v) is 6.65. The number of nitrogens with one attached hydrogen (secondary N) is 1. The van der Waals surface area contributed by atoms with Gasteiger partial charge in [-0.3, -0.25) is 9.36 Å². The molecule has 2 fully saturated rings. The Morgan fingerprint density at radius 1 is 1.28 bits per heavy atom. The van der Waals surface area contributed by atoms with Crippen molar-refractivity contribution >= 4 is 11.9 Å². The molecule has 2 aromatic heterocycles. The maximum absolute atomic E-state index is 12.6. The van der Waals surface area contributed by atoms with Crippen LogP contribution in [-0.4, -0.2) is 34.2 Å². The largest absolute Gasteiger partial charge is 0.452 e. The molecule has 0 spiro atoms. The fourth-order valence-electron chi connectivity index (χ4n) is 5.30. The number of hydrogen-bond donors (Lipinski definition) is 1. The summed E-state index contributed by atoms with van der Waals surface area (Å²) in [5.41, 5.74) is 1.98. The third kappa shape index (κ3) is 3.82. The number of fused-ring (bicyclic) bond motifs is 2. The Labute approximate surface area is 170 Å². The second-order valence-corrected chi connectivity index (χ2v) is 8.69. The first kappa shape index (κ1) is 19.7. The number of carbonyl (C=O) groups is 2. The van der Waals surface area contributed by atoms with Gasteiger partial charge in [-0.15, -0.1) is 0 Å². The average molecular weight is 399 g/mol. The Hall–Kier alpha value is -2.57. The molecule has 0 unspecified atom stereocenters. The van der Waals surface area contributed by atoms with Crippen LogP contribution in [-0.2, 0) is 9.53 Å². The van der Waals surface area contributed by atoms with Crippen molar-refractivity contribution in [1.29, 1.82) is 0 Å². The van der Waals surface area contributed by atoms with E-state index < -0.39 is 5.97 Å². The summed E-state index contributed by atoms with van der Waals surface area (Å²) in [6, 6.07) is 3.67.